The van der Waals surface area contributed by atoms with E-state index in [-0.39, 0.29) is 77.2 Å². The van der Waals surface area contributed by atoms with Crippen molar-refractivity contribution >= 4 is 87.5 Å². The molecule has 0 radical (unpaired) electrons. The van der Waals surface area contributed by atoms with Crippen molar-refractivity contribution in [3.63, 3.8) is 0 Å². The van der Waals surface area contributed by atoms with Crippen LogP contribution in [-0.4, -0.2) is 142 Å². The van der Waals surface area contributed by atoms with E-state index in [1.165, 1.54) is 17.8 Å². The highest BCUT2D eigenvalue weighted by molar-refractivity contribution is 7.86. The second kappa shape index (κ2) is 26.9. The Morgan fingerprint density at radius 3 is 1.99 bits per heavy atom. The minimum Gasteiger partial charge on any atom is -0.386 e. The van der Waals surface area contributed by atoms with Crippen LogP contribution in [-0.2, 0) is 66.2 Å². The molecular formula is C63H92N13O16PS. The van der Waals surface area contributed by atoms with Crippen LogP contribution in [0.3, 0.4) is 0 Å². The Morgan fingerprint density at radius 1 is 0.809 bits per heavy atom. The van der Waals surface area contributed by atoms with Crippen molar-refractivity contribution in [3.05, 3.63) is 63.9 Å². The van der Waals surface area contributed by atoms with Gasteiger partial charge in [0.25, 0.3) is 10.1 Å². The predicted octanol–water partition coefficient (Wildman–Crippen LogP) is 3.15. The number of amides is 7. The maximum absolute atomic E-state index is 14.4. The van der Waals surface area contributed by atoms with Gasteiger partial charge in [0, 0.05) is 131 Å². The van der Waals surface area contributed by atoms with Gasteiger partial charge in [-0.3, -0.25) is 61.8 Å². The first-order valence-electron chi connectivity index (χ1n) is 31.4. The lowest BCUT2D eigenvalue weighted by Crippen LogP contribution is -2.56. The average molecular weight is 1350 g/mol. The topological polar surface area (TPSA) is 483 Å². The number of benzene rings is 1. The molecule has 15 atom stereocenters. The van der Waals surface area contributed by atoms with Crippen LogP contribution < -0.4 is 45.0 Å². The third kappa shape index (κ3) is 14.4. The minimum absolute atomic E-state index is 0.0447. The number of allylic oxidation sites excluding steroid dienone is 6. The van der Waals surface area contributed by atoms with Crippen molar-refractivity contribution in [2.24, 2.45) is 94.7 Å². The number of aliphatic imine (C=N–C) groups is 3. The maximum atomic E-state index is 14.4. The van der Waals surface area contributed by atoms with Crippen molar-refractivity contribution in [3.8, 4) is 0 Å². The number of aliphatic hydroxyl groups is 1. The zero-order chi connectivity index (χ0) is 69.9. The Labute approximate surface area is 546 Å². The number of nitrogens with zero attached hydrogens (tertiary/aromatic N) is 5. The van der Waals surface area contributed by atoms with Crippen LogP contribution in [0.5, 0.6) is 0 Å². The molecule has 2 aromatic rings. The van der Waals surface area contributed by atoms with Crippen LogP contribution in [0.2, 0.25) is 0 Å². The van der Waals surface area contributed by atoms with Crippen LogP contribution >= 0.6 is 7.82 Å². The van der Waals surface area contributed by atoms with E-state index < -0.39 is 153 Å². The number of rotatable bonds is 28. The molecule has 0 saturated carbocycles. The first-order valence-corrected chi connectivity index (χ1v) is 34.8. The number of hydrogen-bond acceptors (Lipinski definition) is 20. The van der Waals surface area contributed by atoms with Crippen molar-refractivity contribution in [1.82, 2.24) is 20.2 Å². The lowest BCUT2D eigenvalue weighted by Gasteiger charge is -2.48. The van der Waals surface area contributed by atoms with Crippen molar-refractivity contribution in [2.45, 2.75) is 189 Å². The summed E-state index contributed by atoms with van der Waals surface area (Å²) in [4.78, 5) is 126. The second-order valence-corrected chi connectivity index (χ2v) is 30.9. The largest absolute Gasteiger partial charge is 0.472 e. The Kier molecular flexibility index (Phi) is 20.8. The molecule has 516 valence electrons. The molecule has 0 spiro atoms. The average Bonchev–Trinajstić information content (AvgIpc) is 1.53. The maximum Gasteiger partial charge on any atom is 0.472 e. The van der Waals surface area contributed by atoms with Gasteiger partial charge < -0.3 is 64.3 Å². The Hall–Kier alpha value is -7.05. The number of aryl methyl sites for hydroxylation is 2. The lowest BCUT2D eigenvalue weighted by molar-refractivity contribution is -0.124. The summed E-state index contributed by atoms with van der Waals surface area (Å²) in [6.45, 7) is 19.0. The number of carbonyl (C=O) groups excluding carboxylic acids is 7. The highest BCUT2D eigenvalue weighted by Gasteiger charge is 2.66. The van der Waals surface area contributed by atoms with E-state index in [1.54, 1.807) is 6.92 Å². The second-order valence-electron chi connectivity index (χ2n) is 27.9. The molecule has 6 aliphatic rings. The number of nitrogens with one attached hydrogen (secondary N) is 2. The summed E-state index contributed by atoms with van der Waals surface area (Å²) >= 11 is 0. The standard InChI is InChI=1S/C63H92N13O16PS/c1-30-21-40-41(22-31(30)2)76(29-71-40)58-53(84)54(42(90-58)28-89-94(12,87)88)92-93(85,86)91-32(3)27-70-50(83)19-20-60(8)38(23-47(67)80)57-63(11)62(10,26-49(69)82)37(15-18-46(66)79)52(75-63)34(5)56-61(9,25-48(68)81)35(13-16-44(64)77)39(72-56)24-43-59(6,7)36(14-17-45(65)78)51(73-43)33(4)55(60)74-57/h21-22,24,29,32,35-38,42,53-54,57-58,72,84H,13-20,23,25-28H2,1-12H3,(H2,64,77)(H2,65,78)(H2,66,79)(H2,67,80)(H2,68,81)(H2,69,82)(H,70,83)(H,85,86)/b39-24?,51-33?,56-34-/t32-,35-,36-,37-,38+,42-,53-,54-,57-,58+,60-,61+,62+,63+/m1/s1. The molecule has 16 N–H and O–H groups in total. The number of imidazole rings is 1. The number of phosphoric acid groups is 1. The highest BCUT2D eigenvalue weighted by atomic mass is 32.2. The third-order valence-corrected chi connectivity index (χ3v) is 22.6. The van der Waals surface area contributed by atoms with Crippen molar-refractivity contribution in [1.29, 1.82) is 0 Å². The van der Waals surface area contributed by atoms with Crippen molar-refractivity contribution < 1.29 is 74.5 Å². The fourth-order valence-electron chi connectivity index (χ4n) is 15.6. The molecule has 6 aliphatic heterocycles. The Bertz CT molecular complexity index is 3820. The van der Waals surface area contributed by atoms with E-state index >= 15 is 0 Å². The normalized spacial score (nSPS) is 32.1. The van der Waals surface area contributed by atoms with E-state index in [1.807, 2.05) is 80.5 Å². The summed E-state index contributed by atoms with van der Waals surface area (Å²) in [5.74, 6) is -7.38. The van der Waals surface area contributed by atoms with Crippen LogP contribution in [0.25, 0.3) is 11.0 Å². The van der Waals surface area contributed by atoms with Gasteiger partial charge >= 0.3 is 7.82 Å². The summed E-state index contributed by atoms with van der Waals surface area (Å²) in [6, 6.07) is 2.58. The number of carbonyl (C=O) groups is 7. The summed E-state index contributed by atoms with van der Waals surface area (Å²) in [6.07, 6.45) is -4.42. The van der Waals surface area contributed by atoms with E-state index in [0.29, 0.717) is 56.4 Å². The van der Waals surface area contributed by atoms with Crippen molar-refractivity contribution in [2.75, 3.05) is 19.4 Å². The van der Waals surface area contributed by atoms with E-state index in [4.69, 9.17) is 67.3 Å². The molecule has 2 fully saturated rings. The Morgan fingerprint density at radius 2 is 1.40 bits per heavy atom. The number of phosphoric ester groups is 1. The van der Waals surface area contributed by atoms with Gasteiger partial charge in [0.2, 0.25) is 41.4 Å². The number of aromatic nitrogens is 2. The lowest BCUT2D eigenvalue weighted by atomic mass is 9.55. The zero-order valence-electron chi connectivity index (χ0n) is 55.4. The van der Waals surface area contributed by atoms with Gasteiger partial charge in [-0.05, 0) is 108 Å². The Balaban J connectivity index is 1.19. The molecule has 31 heteroatoms. The fraction of sp³-hybridized carbons (Fsp3) is 0.635. The number of aliphatic hydroxyl groups excluding tert-OH is 1. The van der Waals surface area contributed by atoms with Gasteiger partial charge in [0.05, 0.1) is 47.9 Å². The third-order valence-electron chi connectivity index (χ3n) is 20.9. The molecule has 94 heavy (non-hydrogen) atoms. The van der Waals surface area contributed by atoms with Gasteiger partial charge in [-0.1, -0.05) is 34.6 Å². The summed E-state index contributed by atoms with van der Waals surface area (Å²) in [5, 5.41) is 18.1. The van der Waals surface area contributed by atoms with Gasteiger partial charge in [-0.25, -0.2) is 9.55 Å². The van der Waals surface area contributed by atoms with Gasteiger partial charge in [-0.2, -0.15) is 8.42 Å². The van der Waals surface area contributed by atoms with E-state index in [2.05, 4.69) is 15.6 Å². The first-order chi connectivity index (χ1) is 43.5. The molecule has 0 aliphatic carbocycles. The molecule has 29 nitrogen and oxygen atoms in total. The number of primary amides is 6. The summed E-state index contributed by atoms with van der Waals surface area (Å²) < 4.78 is 61.9. The molecule has 8 bridgehead atoms. The predicted molar refractivity (Wildman–Crippen MR) is 347 cm³/mol. The quantitative estimate of drug-likeness (QED) is 0.0432. The monoisotopic (exact) mass is 1350 g/mol. The fourth-order valence-corrected chi connectivity index (χ4v) is 17.1. The first kappa shape index (κ1) is 72.8. The minimum atomic E-state index is -5.21. The number of nitrogens with two attached hydrogens (primary N) is 6. The van der Waals surface area contributed by atoms with Crippen LogP contribution in [0.15, 0.2) is 67.8 Å². The zero-order valence-corrected chi connectivity index (χ0v) is 57.2. The van der Waals surface area contributed by atoms with Gasteiger partial charge in [0.1, 0.15) is 18.3 Å². The van der Waals surface area contributed by atoms with E-state index in [0.717, 1.165) is 17.4 Å². The molecule has 8 rings (SSSR count). The molecular weight excluding hydrogens is 1260 g/mol. The molecule has 1 aromatic carbocycles. The molecule has 1 aromatic heterocycles. The van der Waals surface area contributed by atoms with Gasteiger partial charge in [0.15, 0.2) is 6.23 Å². The number of fused-ring (bicyclic) bond motifs is 7. The summed E-state index contributed by atoms with van der Waals surface area (Å²) in [5.41, 5.74) is 36.9. The highest BCUT2D eigenvalue weighted by Crippen LogP contribution is 2.63. The van der Waals surface area contributed by atoms with Crippen LogP contribution in [0.1, 0.15) is 150 Å². The number of ether oxygens (including phenoxy) is 1. The van der Waals surface area contributed by atoms with Gasteiger partial charge in [-0.15, -0.1) is 0 Å². The molecule has 1 unspecified atom stereocenters. The molecule has 7 heterocycles. The number of hydrogen-bond donors (Lipinski definition) is 10. The summed E-state index contributed by atoms with van der Waals surface area (Å²) in [7, 11) is -9.30. The smallest absolute Gasteiger partial charge is 0.386 e. The van der Waals surface area contributed by atoms with E-state index in [9.17, 15) is 56.5 Å². The van der Waals surface area contributed by atoms with Crippen LogP contribution in [0, 0.1) is 59.2 Å². The SMILES string of the molecule is CC1=C2N=C(C=C3N/C(=C(/C)C4=N[C@@](C)([C@@H]5N=C1[C@](C)(CCC(=O)NC[C@@H](C)OP(=O)(O)O[C@H]1[C@@H](O)[C@@H](n6cnc7cc(C)c(C)cc76)O[C@@H]1COS(C)(=O)=O)[C@H]5CC(N)=O)[C@@](C)(CC(N)=O)[C@@H]4CCC(N)=O)[C@@](C)(CC(N)=O)[C@@H]3CCC(N)=O)C(C)(C)[C@@H]2CCC(N)=O. The molecule has 2 saturated heterocycles. The van der Waals surface area contributed by atoms with Crippen LogP contribution in [0.4, 0.5) is 0 Å². The molecule has 7 amide bonds.